The first-order valence-corrected chi connectivity index (χ1v) is 6.05. The number of nitrogens with one attached hydrogen (secondary N) is 1. The summed E-state index contributed by atoms with van der Waals surface area (Å²) in [5, 5.41) is 2.81. The van der Waals surface area contributed by atoms with Gasteiger partial charge in [-0.05, 0) is 12.1 Å². The summed E-state index contributed by atoms with van der Waals surface area (Å²) in [6, 6.07) is 7.44. The van der Waals surface area contributed by atoms with Crippen molar-refractivity contribution in [3.05, 3.63) is 29.8 Å². The Balaban J connectivity index is 1.97. The first-order chi connectivity index (χ1) is 8.70. The number of nitrogens with two attached hydrogens (primary N) is 1. The number of rotatable bonds is 4. The van der Waals surface area contributed by atoms with E-state index in [1.807, 2.05) is 24.3 Å². The van der Waals surface area contributed by atoms with Gasteiger partial charge >= 0.3 is 0 Å². The molecule has 0 saturated carbocycles. The molecule has 2 rings (SSSR count). The number of hydrogen-bond acceptors (Lipinski definition) is 4. The van der Waals surface area contributed by atoms with Gasteiger partial charge in [0.25, 0.3) is 0 Å². The molecule has 1 aliphatic rings. The second-order valence-corrected chi connectivity index (χ2v) is 4.32. The zero-order valence-electron chi connectivity index (χ0n) is 10.4. The zero-order valence-corrected chi connectivity index (χ0v) is 10.4. The molecule has 5 nitrogen and oxygen atoms in total. The number of anilines is 1. The van der Waals surface area contributed by atoms with Gasteiger partial charge in [0, 0.05) is 23.7 Å². The summed E-state index contributed by atoms with van der Waals surface area (Å²) in [7, 11) is 0. The van der Waals surface area contributed by atoms with Crippen molar-refractivity contribution < 1.29 is 14.3 Å². The van der Waals surface area contributed by atoms with E-state index in [9.17, 15) is 4.79 Å². The molecule has 1 atom stereocenters. The second-order valence-electron chi connectivity index (χ2n) is 4.32. The van der Waals surface area contributed by atoms with Crippen LogP contribution in [0.2, 0.25) is 0 Å². The first kappa shape index (κ1) is 13.0. The van der Waals surface area contributed by atoms with E-state index in [0.717, 1.165) is 11.3 Å². The number of benzene rings is 1. The van der Waals surface area contributed by atoms with E-state index < -0.39 is 0 Å². The van der Waals surface area contributed by atoms with Crippen LogP contribution in [-0.4, -0.2) is 25.7 Å². The van der Waals surface area contributed by atoms with E-state index in [0.29, 0.717) is 19.8 Å². The summed E-state index contributed by atoms with van der Waals surface area (Å²) in [5.41, 5.74) is 7.15. The van der Waals surface area contributed by atoms with Crippen LogP contribution in [0, 0.1) is 5.92 Å². The largest absolute Gasteiger partial charge is 0.346 e. The minimum atomic E-state index is -0.280. The van der Waals surface area contributed by atoms with Gasteiger partial charge < -0.3 is 20.5 Å². The van der Waals surface area contributed by atoms with Gasteiger partial charge in [-0.2, -0.15) is 0 Å². The van der Waals surface area contributed by atoms with E-state index in [2.05, 4.69) is 5.32 Å². The van der Waals surface area contributed by atoms with Crippen molar-refractivity contribution in [2.24, 2.45) is 11.7 Å². The quantitative estimate of drug-likeness (QED) is 0.844. The highest BCUT2D eigenvalue weighted by molar-refractivity contribution is 5.92. The van der Waals surface area contributed by atoms with Crippen LogP contribution in [-0.2, 0) is 14.3 Å². The molecule has 1 heterocycles. The molecule has 0 aliphatic carbocycles. The van der Waals surface area contributed by atoms with Crippen LogP contribution >= 0.6 is 0 Å². The van der Waals surface area contributed by atoms with Crippen molar-refractivity contribution in [2.45, 2.75) is 13.2 Å². The summed E-state index contributed by atoms with van der Waals surface area (Å²) in [5.74, 6) is -0.259. The molecule has 98 valence electrons. The third-order valence-corrected chi connectivity index (χ3v) is 2.87. The van der Waals surface area contributed by atoms with Crippen LogP contribution < -0.4 is 11.1 Å². The Labute approximate surface area is 106 Å². The molecule has 3 N–H and O–H groups in total. The molecule has 1 amide bonds. The first-order valence-electron chi connectivity index (χ1n) is 6.05. The van der Waals surface area contributed by atoms with E-state index in [4.69, 9.17) is 15.2 Å². The number of hydrogen-bond donors (Lipinski definition) is 2. The lowest BCUT2D eigenvalue weighted by Gasteiger charge is -2.12. The molecule has 1 aliphatic heterocycles. The third-order valence-electron chi connectivity index (χ3n) is 2.87. The van der Waals surface area contributed by atoms with Gasteiger partial charge in [0.05, 0.1) is 13.2 Å². The minimum absolute atomic E-state index is 0.0707. The van der Waals surface area contributed by atoms with Crippen LogP contribution in [0.3, 0.4) is 0 Å². The lowest BCUT2D eigenvalue weighted by Crippen LogP contribution is -2.26. The fraction of sp³-hybridized carbons (Fsp3) is 0.462. The Kier molecular flexibility index (Phi) is 4.30. The molecule has 1 fully saturated rings. The normalized spacial score (nSPS) is 17.7. The van der Waals surface area contributed by atoms with Gasteiger partial charge in [-0.15, -0.1) is 0 Å². The Morgan fingerprint density at radius 2 is 2.00 bits per heavy atom. The highest BCUT2D eigenvalue weighted by Crippen LogP contribution is 2.24. The van der Waals surface area contributed by atoms with Crippen LogP contribution in [0.25, 0.3) is 0 Å². The van der Waals surface area contributed by atoms with Gasteiger partial charge in [0.15, 0.2) is 6.29 Å². The lowest BCUT2D eigenvalue weighted by atomic mass is 10.1. The fourth-order valence-electron chi connectivity index (χ4n) is 1.65. The molecule has 1 aromatic rings. The van der Waals surface area contributed by atoms with Crippen molar-refractivity contribution in [1.82, 2.24) is 0 Å². The summed E-state index contributed by atoms with van der Waals surface area (Å²) in [6.45, 7) is 3.38. The maximum absolute atomic E-state index is 11.6. The lowest BCUT2D eigenvalue weighted by molar-refractivity contribution is -0.119. The summed E-state index contributed by atoms with van der Waals surface area (Å²) < 4.78 is 10.8. The Morgan fingerprint density at radius 3 is 2.56 bits per heavy atom. The maximum atomic E-state index is 11.6. The standard InChI is InChI=1S/C13H18N2O3/c1-9(8-14)12(16)15-11-4-2-10(3-5-11)13-17-6-7-18-13/h2-5,9,13H,6-8,14H2,1H3,(H,15,16). The van der Waals surface area contributed by atoms with Crippen LogP contribution in [0.15, 0.2) is 24.3 Å². The van der Waals surface area contributed by atoms with Gasteiger partial charge in [0.2, 0.25) is 5.91 Å². The molecular formula is C13H18N2O3. The number of ether oxygens (including phenoxy) is 2. The number of carbonyl (C=O) groups excluding carboxylic acids is 1. The van der Waals surface area contributed by atoms with Crippen molar-refractivity contribution >= 4 is 11.6 Å². The van der Waals surface area contributed by atoms with Gasteiger partial charge in [-0.25, -0.2) is 0 Å². The van der Waals surface area contributed by atoms with E-state index >= 15 is 0 Å². The van der Waals surface area contributed by atoms with Crippen molar-refractivity contribution in [3.63, 3.8) is 0 Å². The number of amides is 1. The predicted octanol–water partition coefficient (Wildman–Crippen LogP) is 1.27. The summed E-state index contributed by atoms with van der Waals surface area (Å²) >= 11 is 0. The molecule has 1 saturated heterocycles. The van der Waals surface area contributed by atoms with E-state index in [1.54, 1.807) is 6.92 Å². The van der Waals surface area contributed by atoms with Crippen LogP contribution in [0.5, 0.6) is 0 Å². The molecule has 18 heavy (non-hydrogen) atoms. The molecule has 1 aromatic carbocycles. The van der Waals surface area contributed by atoms with E-state index in [1.165, 1.54) is 0 Å². The van der Waals surface area contributed by atoms with Gasteiger partial charge in [-0.1, -0.05) is 19.1 Å². The zero-order chi connectivity index (χ0) is 13.0. The molecule has 0 aromatic heterocycles. The Morgan fingerprint density at radius 1 is 1.39 bits per heavy atom. The summed E-state index contributed by atoms with van der Waals surface area (Å²) in [4.78, 5) is 11.6. The van der Waals surface area contributed by atoms with Gasteiger partial charge in [0.1, 0.15) is 0 Å². The molecule has 5 heteroatoms. The molecule has 0 radical (unpaired) electrons. The SMILES string of the molecule is CC(CN)C(=O)Nc1ccc(C2OCCO2)cc1. The molecule has 0 bridgehead atoms. The Hall–Kier alpha value is -1.43. The highest BCUT2D eigenvalue weighted by atomic mass is 16.7. The fourth-order valence-corrected chi connectivity index (χ4v) is 1.65. The molecule has 0 spiro atoms. The maximum Gasteiger partial charge on any atom is 0.228 e. The monoisotopic (exact) mass is 250 g/mol. The highest BCUT2D eigenvalue weighted by Gasteiger charge is 2.18. The smallest absolute Gasteiger partial charge is 0.228 e. The van der Waals surface area contributed by atoms with Crippen LogP contribution in [0.4, 0.5) is 5.69 Å². The average Bonchev–Trinajstić information content (AvgIpc) is 2.92. The van der Waals surface area contributed by atoms with Crippen molar-refractivity contribution in [3.8, 4) is 0 Å². The number of carbonyl (C=O) groups is 1. The van der Waals surface area contributed by atoms with Crippen LogP contribution in [0.1, 0.15) is 18.8 Å². The second kappa shape index (κ2) is 5.95. The summed E-state index contributed by atoms with van der Waals surface area (Å²) in [6.07, 6.45) is -0.280. The van der Waals surface area contributed by atoms with Crippen molar-refractivity contribution in [2.75, 3.05) is 25.1 Å². The van der Waals surface area contributed by atoms with Crippen molar-refractivity contribution in [1.29, 1.82) is 0 Å². The van der Waals surface area contributed by atoms with E-state index in [-0.39, 0.29) is 18.1 Å². The average molecular weight is 250 g/mol. The Bertz CT molecular complexity index is 399. The topological polar surface area (TPSA) is 73.6 Å². The molecule has 1 unspecified atom stereocenters. The third kappa shape index (κ3) is 3.07. The van der Waals surface area contributed by atoms with Gasteiger partial charge in [-0.3, -0.25) is 4.79 Å². The predicted molar refractivity (Wildman–Crippen MR) is 67.9 cm³/mol. The minimum Gasteiger partial charge on any atom is -0.346 e. The molecular weight excluding hydrogens is 232 g/mol.